The summed E-state index contributed by atoms with van der Waals surface area (Å²) in [6, 6.07) is 3.05. The van der Waals surface area contributed by atoms with Gasteiger partial charge in [0.05, 0.1) is 16.8 Å². The second-order valence-electron chi connectivity index (χ2n) is 6.00. The smallest absolute Gasteiger partial charge is 0.399 e. The number of rotatable bonds is 2. The van der Waals surface area contributed by atoms with Gasteiger partial charge in [-0.1, -0.05) is 15.9 Å². The van der Waals surface area contributed by atoms with E-state index in [4.69, 9.17) is 9.31 Å². The molecule has 6 heteroatoms. The topological polar surface area (TPSA) is 35.5 Å². The Morgan fingerprint density at radius 1 is 1.20 bits per heavy atom. The Kier molecular flexibility index (Phi) is 3.86. The summed E-state index contributed by atoms with van der Waals surface area (Å²) in [5, 5.41) is 0. The molecule has 1 heterocycles. The summed E-state index contributed by atoms with van der Waals surface area (Å²) in [6.45, 7) is 8.92. The van der Waals surface area contributed by atoms with Crippen LogP contribution in [0.15, 0.2) is 16.6 Å². The summed E-state index contributed by atoms with van der Waals surface area (Å²) in [4.78, 5) is 11.5. The first-order chi connectivity index (χ1) is 9.05. The largest absolute Gasteiger partial charge is 0.497 e. The molecule has 108 valence electrons. The Hall–Kier alpha value is -0.715. The van der Waals surface area contributed by atoms with Crippen molar-refractivity contribution in [3.8, 4) is 0 Å². The first kappa shape index (κ1) is 15.7. The van der Waals surface area contributed by atoms with Gasteiger partial charge in [-0.3, -0.25) is 4.79 Å². The van der Waals surface area contributed by atoms with Crippen LogP contribution in [0.4, 0.5) is 4.39 Å². The lowest BCUT2D eigenvalue weighted by atomic mass is 9.77. The van der Waals surface area contributed by atoms with E-state index in [1.54, 1.807) is 6.07 Å². The molecule has 1 aromatic carbocycles. The van der Waals surface area contributed by atoms with E-state index in [0.29, 0.717) is 4.47 Å². The highest BCUT2D eigenvalue weighted by Gasteiger charge is 2.52. The first-order valence-electron chi connectivity index (χ1n) is 6.41. The lowest BCUT2D eigenvalue weighted by Gasteiger charge is -2.32. The van der Waals surface area contributed by atoms with Crippen molar-refractivity contribution in [3.63, 3.8) is 0 Å². The van der Waals surface area contributed by atoms with E-state index in [1.807, 2.05) is 27.7 Å². The Labute approximate surface area is 127 Å². The van der Waals surface area contributed by atoms with Crippen molar-refractivity contribution in [1.29, 1.82) is 0 Å². The van der Waals surface area contributed by atoms with E-state index in [0.717, 1.165) is 0 Å². The van der Waals surface area contributed by atoms with Crippen molar-refractivity contribution < 1.29 is 18.5 Å². The molecule has 0 aliphatic carbocycles. The van der Waals surface area contributed by atoms with Crippen molar-refractivity contribution in [1.82, 2.24) is 0 Å². The van der Waals surface area contributed by atoms with Gasteiger partial charge in [0, 0.05) is 9.94 Å². The molecule has 0 bridgehead atoms. The number of Topliss-reactive ketones (excluding diaryl/α,β-unsaturated/α-hetero) is 1. The summed E-state index contributed by atoms with van der Waals surface area (Å²) in [5.74, 6) is -0.916. The minimum absolute atomic E-state index is 0.0316. The van der Waals surface area contributed by atoms with Gasteiger partial charge in [0.2, 0.25) is 0 Å². The lowest BCUT2D eigenvalue weighted by molar-refractivity contribution is 0.00578. The average molecular weight is 343 g/mol. The van der Waals surface area contributed by atoms with Crippen molar-refractivity contribution in [2.75, 3.05) is 0 Å². The Morgan fingerprint density at radius 3 is 2.15 bits per heavy atom. The zero-order valence-corrected chi connectivity index (χ0v) is 13.8. The third-order valence-corrected chi connectivity index (χ3v) is 4.41. The number of hydrogen-bond acceptors (Lipinski definition) is 3. The SMILES string of the molecule is CC(=O)c1cc(Br)cc(B2OC(C)(C)C(C)(C)O2)c1F. The van der Waals surface area contributed by atoms with E-state index in [9.17, 15) is 9.18 Å². The van der Waals surface area contributed by atoms with Crippen molar-refractivity contribution in [2.45, 2.75) is 45.8 Å². The maximum atomic E-state index is 14.5. The molecule has 0 amide bonds. The fourth-order valence-electron chi connectivity index (χ4n) is 2.01. The van der Waals surface area contributed by atoms with Crippen molar-refractivity contribution in [3.05, 3.63) is 28.0 Å². The van der Waals surface area contributed by atoms with Crippen LogP contribution in [0.1, 0.15) is 45.0 Å². The molecule has 3 nitrogen and oxygen atoms in total. The van der Waals surface area contributed by atoms with Crippen LogP contribution < -0.4 is 5.46 Å². The molecule has 0 saturated carbocycles. The highest BCUT2D eigenvalue weighted by Crippen LogP contribution is 2.37. The molecule has 2 rings (SSSR count). The standard InChI is InChI=1S/C14H17BBrFO3/c1-8(18)10-6-9(16)7-11(12(10)17)15-19-13(2,3)14(4,5)20-15/h6-7H,1-5H3. The van der Waals surface area contributed by atoms with Crippen LogP contribution >= 0.6 is 15.9 Å². The van der Waals surface area contributed by atoms with Gasteiger partial charge < -0.3 is 9.31 Å². The van der Waals surface area contributed by atoms with Gasteiger partial charge >= 0.3 is 7.12 Å². The van der Waals surface area contributed by atoms with E-state index < -0.39 is 24.1 Å². The number of halogens is 2. The summed E-state index contributed by atoms with van der Waals surface area (Å²) in [6.07, 6.45) is 0. The maximum absolute atomic E-state index is 14.5. The number of carbonyl (C=O) groups is 1. The van der Waals surface area contributed by atoms with E-state index in [-0.39, 0.29) is 16.8 Å². The maximum Gasteiger partial charge on any atom is 0.497 e. The van der Waals surface area contributed by atoms with Crippen molar-refractivity contribution in [2.24, 2.45) is 0 Å². The summed E-state index contributed by atoms with van der Waals surface area (Å²) >= 11 is 3.29. The minimum Gasteiger partial charge on any atom is -0.399 e. The van der Waals surface area contributed by atoms with Gasteiger partial charge in [-0.05, 0) is 46.8 Å². The highest BCUT2D eigenvalue weighted by molar-refractivity contribution is 9.10. The zero-order valence-electron chi connectivity index (χ0n) is 12.2. The second-order valence-corrected chi connectivity index (χ2v) is 6.92. The average Bonchev–Trinajstić information content (AvgIpc) is 2.50. The number of hydrogen-bond donors (Lipinski definition) is 0. The third-order valence-electron chi connectivity index (χ3n) is 3.95. The quantitative estimate of drug-likeness (QED) is 0.612. The molecular formula is C14H17BBrFO3. The van der Waals surface area contributed by atoms with Crippen LogP contribution in [-0.2, 0) is 9.31 Å². The molecular weight excluding hydrogens is 326 g/mol. The molecule has 1 aliphatic rings. The van der Waals surface area contributed by atoms with Gasteiger partial charge in [0.15, 0.2) is 5.78 Å². The molecule has 0 atom stereocenters. The van der Waals surface area contributed by atoms with Gasteiger partial charge in [-0.15, -0.1) is 0 Å². The summed E-state index contributed by atoms with van der Waals surface area (Å²) in [5.41, 5.74) is -0.835. The third kappa shape index (κ3) is 2.56. The van der Waals surface area contributed by atoms with E-state index >= 15 is 0 Å². The molecule has 1 fully saturated rings. The van der Waals surface area contributed by atoms with Crippen LogP contribution in [-0.4, -0.2) is 24.1 Å². The Morgan fingerprint density at radius 2 is 1.70 bits per heavy atom. The van der Waals surface area contributed by atoms with Crippen LogP contribution in [0.5, 0.6) is 0 Å². The molecule has 0 unspecified atom stereocenters. The molecule has 1 aliphatic heterocycles. The molecule has 0 radical (unpaired) electrons. The summed E-state index contributed by atoms with van der Waals surface area (Å²) in [7, 11) is -0.824. The molecule has 20 heavy (non-hydrogen) atoms. The number of ketones is 1. The predicted molar refractivity (Wildman–Crippen MR) is 79.8 cm³/mol. The molecule has 0 spiro atoms. The normalized spacial score (nSPS) is 20.2. The highest BCUT2D eigenvalue weighted by atomic mass is 79.9. The van der Waals surface area contributed by atoms with Crippen molar-refractivity contribution >= 4 is 34.3 Å². The summed E-state index contributed by atoms with van der Waals surface area (Å²) < 4.78 is 26.7. The van der Waals surface area contributed by atoms with E-state index in [2.05, 4.69) is 15.9 Å². The van der Waals surface area contributed by atoms with Gasteiger partial charge in [-0.25, -0.2) is 4.39 Å². The zero-order chi connectivity index (χ0) is 15.3. The Bertz CT molecular complexity index is 556. The molecule has 0 N–H and O–H groups in total. The Balaban J connectivity index is 2.48. The van der Waals surface area contributed by atoms with E-state index in [1.165, 1.54) is 13.0 Å². The van der Waals surface area contributed by atoms with Gasteiger partial charge in [-0.2, -0.15) is 0 Å². The lowest BCUT2D eigenvalue weighted by Crippen LogP contribution is -2.41. The fraction of sp³-hybridized carbons (Fsp3) is 0.500. The van der Waals surface area contributed by atoms with Gasteiger partial charge in [0.25, 0.3) is 0 Å². The molecule has 0 aromatic heterocycles. The van der Waals surface area contributed by atoms with Crippen LogP contribution in [0.3, 0.4) is 0 Å². The molecule has 1 aromatic rings. The number of carbonyl (C=O) groups excluding carboxylic acids is 1. The monoisotopic (exact) mass is 342 g/mol. The predicted octanol–water partition coefficient (Wildman–Crippen LogP) is 3.09. The number of benzene rings is 1. The first-order valence-corrected chi connectivity index (χ1v) is 7.20. The van der Waals surface area contributed by atoms with Crippen LogP contribution in [0.2, 0.25) is 0 Å². The van der Waals surface area contributed by atoms with Crippen LogP contribution in [0.25, 0.3) is 0 Å². The second kappa shape index (κ2) is 4.93. The molecule has 1 saturated heterocycles. The van der Waals surface area contributed by atoms with Gasteiger partial charge in [0.1, 0.15) is 5.82 Å². The van der Waals surface area contributed by atoms with Crippen LogP contribution in [0, 0.1) is 5.82 Å². The minimum atomic E-state index is -0.824. The fourth-order valence-corrected chi connectivity index (χ4v) is 2.48.